The summed E-state index contributed by atoms with van der Waals surface area (Å²) >= 11 is 5.73. The van der Waals surface area contributed by atoms with Gasteiger partial charge in [0.1, 0.15) is 12.4 Å². The van der Waals surface area contributed by atoms with Crippen LogP contribution in [0.3, 0.4) is 0 Å². The van der Waals surface area contributed by atoms with Crippen molar-refractivity contribution in [2.75, 3.05) is 26.2 Å². The fourth-order valence-electron chi connectivity index (χ4n) is 1.20. The minimum absolute atomic E-state index is 0. The van der Waals surface area contributed by atoms with E-state index in [1.807, 2.05) is 0 Å². The highest BCUT2D eigenvalue weighted by molar-refractivity contribution is 6.30. The average molecular weight is 322 g/mol. The van der Waals surface area contributed by atoms with Crippen LogP contribution in [-0.2, 0) is 9.59 Å². The Kier molecular flexibility index (Phi) is 9.53. The van der Waals surface area contributed by atoms with Crippen LogP contribution in [0.5, 0.6) is 5.75 Å². The molecule has 0 unspecified atom stereocenters. The van der Waals surface area contributed by atoms with E-state index in [1.54, 1.807) is 24.3 Å². The molecule has 20 heavy (non-hydrogen) atoms. The van der Waals surface area contributed by atoms with Crippen molar-refractivity contribution in [3.8, 4) is 5.75 Å². The number of hydrogen-bond donors (Lipinski definition) is 3. The van der Waals surface area contributed by atoms with Crippen LogP contribution in [-0.4, -0.2) is 38.1 Å². The standard InChI is InChI=1S/C12H16ClN3O3.ClH/c13-9-1-3-10(4-2-9)19-6-5-15-12(18)8-16-11(17)7-14;/h1-4H,5-8,14H2,(H,15,18)(H,16,17);1H. The van der Waals surface area contributed by atoms with Crippen molar-refractivity contribution in [3.63, 3.8) is 0 Å². The molecule has 4 N–H and O–H groups in total. The van der Waals surface area contributed by atoms with E-state index in [-0.39, 0.29) is 37.3 Å². The number of carbonyl (C=O) groups is 2. The van der Waals surface area contributed by atoms with Crippen LogP contribution in [0.15, 0.2) is 24.3 Å². The van der Waals surface area contributed by atoms with Gasteiger partial charge in [0.15, 0.2) is 0 Å². The van der Waals surface area contributed by atoms with Crippen LogP contribution in [0.4, 0.5) is 0 Å². The first-order valence-electron chi connectivity index (χ1n) is 5.73. The van der Waals surface area contributed by atoms with Gasteiger partial charge in [0.05, 0.1) is 19.6 Å². The van der Waals surface area contributed by atoms with Crippen LogP contribution in [0.25, 0.3) is 0 Å². The third-order valence-corrected chi connectivity index (χ3v) is 2.39. The van der Waals surface area contributed by atoms with Crippen LogP contribution < -0.4 is 21.1 Å². The van der Waals surface area contributed by atoms with Gasteiger partial charge in [0, 0.05) is 5.02 Å². The second-order valence-electron chi connectivity index (χ2n) is 3.63. The molecule has 1 aromatic rings. The Morgan fingerprint density at radius 3 is 2.40 bits per heavy atom. The normalized spacial score (nSPS) is 9.30. The van der Waals surface area contributed by atoms with Crippen LogP contribution in [0.1, 0.15) is 0 Å². The monoisotopic (exact) mass is 321 g/mol. The quantitative estimate of drug-likeness (QED) is 0.631. The number of rotatable bonds is 7. The van der Waals surface area contributed by atoms with E-state index in [1.165, 1.54) is 0 Å². The predicted molar refractivity (Wildman–Crippen MR) is 79.3 cm³/mol. The maximum atomic E-state index is 11.3. The van der Waals surface area contributed by atoms with Crippen molar-refractivity contribution in [1.82, 2.24) is 10.6 Å². The minimum atomic E-state index is -0.368. The first-order chi connectivity index (χ1) is 9.11. The van der Waals surface area contributed by atoms with Crippen molar-refractivity contribution >= 4 is 35.8 Å². The molecule has 0 aromatic heterocycles. The summed E-state index contributed by atoms with van der Waals surface area (Å²) in [5.41, 5.74) is 5.08. The maximum Gasteiger partial charge on any atom is 0.239 e. The van der Waals surface area contributed by atoms with Gasteiger partial charge in [-0.05, 0) is 24.3 Å². The molecule has 8 heteroatoms. The highest BCUT2D eigenvalue weighted by Gasteiger charge is 2.03. The minimum Gasteiger partial charge on any atom is -0.492 e. The highest BCUT2D eigenvalue weighted by Crippen LogP contribution is 2.14. The molecule has 0 aliphatic heterocycles. The largest absolute Gasteiger partial charge is 0.492 e. The Balaban J connectivity index is 0.00000361. The van der Waals surface area contributed by atoms with Gasteiger partial charge in [0.25, 0.3) is 0 Å². The Morgan fingerprint density at radius 1 is 1.15 bits per heavy atom. The number of benzene rings is 1. The number of carbonyl (C=O) groups excluding carboxylic acids is 2. The summed E-state index contributed by atoms with van der Waals surface area (Å²) in [5.74, 6) is 0.0177. The fraction of sp³-hybridized carbons (Fsp3) is 0.333. The van der Waals surface area contributed by atoms with Gasteiger partial charge in [0.2, 0.25) is 11.8 Å². The molecule has 1 aromatic carbocycles. The molecule has 0 saturated carbocycles. The first-order valence-corrected chi connectivity index (χ1v) is 6.11. The Labute approximate surface area is 128 Å². The molecule has 2 amide bonds. The lowest BCUT2D eigenvalue weighted by molar-refractivity contribution is -0.125. The molecule has 0 fully saturated rings. The van der Waals surface area contributed by atoms with E-state index in [9.17, 15) is 9.59 Å². The SMILES string of the molecule is Cl.NCC(=O)NCC(=O)NCCOc1ccc(Cl)cc1. The summed E-state index contributed by atoms with van der Waals surface area (Å²) in [6, 6.07) is 6.92. The smallest absolute Gasteiger partial charge is 0.239 e. The zero-order valence-corrected chi connectivity index (χ0v) is 12.3. The van der Waals surface area contributed by atoms with Crippen molar-refractivity contribution in [3.05, 3.63) is 29.3 Å². The molecule has 0 radical (unpaired) electrons. The number of nitrogens with two attached hydrogens (primary N) is 1. The van der Waals surface area contributed by atoms with Crippen LogP contribution in [0.2, 0.25) is 5.02 Å². The molecule has 6 nitrogen and oxygen atoms in total. The Hall–Kier alpha value is -1.50. The van der Waals surface area contributed by atoms with Gasteiger partial charge < -0.3 is 21.1 Å². The molecular formula is C12H17Cl2N3O3. The van der Waals surface area contributed by atoms with Gasteiger partial charge in [-0.2, -0.15) is 0 Å². The zero-order chi connectivity index (χ0) is 14.1. The van der Waals surface area contributed by atoms with Gasteiger partial charge >= 0.3 is 0 Å². The lowest BCUT2D eigenvalue weighted by Gasteiger charge is -2.08. The third-order valence-electron chi connectivity index (χ3n) is 2.14. The van der Waals surface area contributed by atoms with Gasteiger partial charge in [-0.1, -0.05) is 11.6 Å². The molecule has 0 spiro atoms. The van der Waals surface area contributed by atoms with E-state index >= 15 is 0 Å². The molecule has 0 aliphatic rings. The van der Waals surface area contributed by atoms with Gasteiger partial charge in [-0.3, -0.25) is 9.59 Å². The summed E-state index contributed by atoms with van der Waals surface area (Å²) in [7, 11) is 0. The highest BCUT2D eigenvalue weighted by atomic mass is 35.5. The number of nitrogens with one attached hydrogen (secondary N) is 2. The molecule has 0 saturated heterocycles. The molecule has 0 bridgehead atoms. The van der Waals surface area contributed by atoms with E-state index in [4.69, 9.17) is 22.1 Å². The lowest BCUT2D eigenvalue weighted by Crippen LogP contribution is -2.40. The first kappa shape index (κ1) is 18.5. The molecule has 0 atom stereocenters. The summed E-state index contributed by atoms with van der Waals surface area (Å²) in [5, 5.41) is 5.60. The van der Waals surface area contributed by atoms with Crippen molar-refractivity contribution < 1.29 is 14.3 Å². The van der Waals surface area contributed by atoms with E-state index in [0.29, 0.717) is 23.9 Å². The van der Waals surface area contributed by atoms with Crippen LogP contribution in [0, 0.1) is 0 Å². The van der Waals surface area contributed by atoms with Crippen molar-refractivity contribution in [2.45, 2.75) is 0 Å². The molecule has 112 valence electrons. The van der Waals surface area contributed by atoms with E-state index in [0.717, 1.165) is 0 Å². The van der Waals surface area contributed by atoms with Gasteiger partial charge in [-0.25, -0.2) is 0 Å². The van der Waals surface area contributed by atoms with Crippen LogP contribution >= 0.6 is 24.0 Å². The Morgan fingerprint density at radius 2 is 1.80 bits per heavy atom. The number of hydrogen-bond acceptors (Lipinski definition) is 4. The Bertz CT molecular complexity index is 426. The second kappa shape index (κ2) is 10.3. The molecule has 0 heterocycles. The second-order valence-corrected chi connectivity index (χ2v) is 4.07. The zero-order valence-electron chi connectivity index (χ0n) is 10.7. The summed E-state index contributed by atoms with van der Waals surface area (Å²) in [6.45, 7) is 0.460. The number of ether oxygens (including phenoxy) is 1. The molecule has 1 rings (SSSR count). The maximum absolute atomic E-state index is 11.3. The summed E-state index contributed by atoms with van der Waals surface area (Å²) < 4.78 is 5.38. The lowest BCUT2D eigenvalue weighted by atomic mass is 10.3. The average Bonchev–Trinajstić information content (AvgIpc) is 2.42. The van der Waals surface area contributed by atoms with Crippen molar-refractivity contribution in [1.29, 1.82) is 0 Å². The molecular weight excluding hydrogens is 305 g/mol. The predicted octanol–water partition coefficient (Wildman–Crippen LogP) is 0.332. The third kappa shape index (κ3) is 7.83. The molecule has 0 aliphatic carbocycles. The topological polar surface area (TPSA) is 93.5 Å². The number of halogens is 2. The summed E-state index contributed by atoms with van der Waals surface area (Å²) in [4.78, 5) is 22.1. The summed E-state index contributed by atoms with van der Waals surface area (Å²) in [6.07, 6.45) is 0. The van der Waals surface area contributed by atoms with E-state index < -0.39 is 0 Å². The van der Waals surface area contributed by atoms with Gasteiger partial charge in [-0.15, -0.1) is 12.4 Å². The van der Waals surface area contributed by atoms with E-state index in [2.05, 4.69) is 10.6 Å². The fourth-order valence-corrected chi connectivity index (χ4v) is 1.33. The number of amides is 2. The van der Waals surface area contributed by atoms with Crippen molar-refractivity contribution in [2.24, 2.45) is 5.73 Å².